The Morgan fingerprint density at radius 2 is 2.32 bits per heavy atom. The van der Waals surface area contributed by atoms with Crippen LogP contribution in [0.3, 0.4) is 0 Å². The minimum Gasteiger partial charge on any atom is -0.480 e. The van der Waals surface area contributed by atoms with E-state index in [9.17, 15) is 14.7 Å². The summed E-state index contributed by atoms with van der Waals surface area (Å²) >= 11 is 0. The Kier molecular flexibility index (Phi) is 3.59. The van der Waals surface area contributed by atoms with Crippen molar-refractivity contribution in [2.24, 2.45) is 13.0 Å². The number of carbonyl (C=O) groups excluding carboxylic acids is 1. The van der Waals surface area contributed by atoms with E-state index >= 15 is 0 Å². The van der Waals surface area contributed by atoms with Gasteiger partial charge < -0.3 is 10.4 Å². The van der Waals surface area contributed by atoms with E-state index in [1.807, 2.05) is 6.92 Å². The smallest absolute Gasteiger partial charge is 0.329 e. The van der Waals surface area contributed by atoms with Gasteiger partial charge in [-0.2, -0.15) is 5.10 Å². The van der Waals surface area contributed by atoms with Crippen molar-refractivity contribution >= 4 is 11.9 Å². The fraction of sp³-hybridized carbons (Fsp3) is 0.615. The van der Waals surface area contributed by atoms with Gasteiger partial charge in [-0.25, -0.2) is 4.79 Å². The monoisotopic (exact) mass is 265 g/mol. The van der Waals surface area contributed by atoms with Gasteiger partial charge in [0.05, 0.1) is 0 Å². The lowest BCUT2D eigenvalue weighted by Gasteiger charge is -2.36. The van der Waals surface area contributed by atoms with Crippen molar-refractivity contribution in [3.05, 3.63) is 18.0 Å². The maximum absolute atomic E-state index is 12.1. The highest BCUT2D eigenvalue weighted by atomic mass is 16.4. The Hall–Kier alpha value is -1.85. The summed E-state index contributed by atoms with van der Waals surface area (Å²) in [5.74, 6) is -1.07. The molecule has 1 saturated carbocycles. The molecule has 2 rings (SSSR count). The number of rotatable bonds is 3. The Morgan fingerprint density at radius 1 is 1.58 bits per heavy atom. The van der Waals surface area contributed by atoms with Gasteiger partial charge in [-0.1, -0.05) is 19.8 Å². The minimum absolute atomic E-state index is 0.251. The van der Waals surface area contributed by atoms with Crippen molar-refractivity contribution in [2.45, 2.75) is 38.1 Å². The zero-order valence-electron chi connectivity index (χ0n) is 11.2. The first-order valence-electron chi connectivity index (χ1n) is 6.48. The fourth-order valence-electron chi connectivity index (χ4n) is 2.73. The third-order valence-electron chi connectivity index (χ3n) is 3.71. The summed E-state index contributed by atoms with van der Waals surface area (Å²) in [5.41, 5.74) is -0.895. The first kappa shape index (κ1) is 13.6. The first-order valence-corrected chi connectivity index (χ1v) is 6.48. The molecule has 1 aliphatic rings. The molecule has 0 aromatic carbocycles. The van der Waals surface area contributed by atoms with Crippen LogP contribution in [0, 0.1) is 5.92 Å². The summed E-state index contributed by atoms with van der Waals surface area (Å²) in [6.45, 7) is 2.02. The molecule has 1 aromatic rings. The van der Waals surface area contributed by atoms with Gasteiger partial charge in [0.1, 0.15) is 11.2 Å². The van der Waals surface area contributed by atoms with Gasteiger partial charge in [-0.3, -0.25) is 9.48 Å². The lowest BCUT2D eigenvalue weighted by atomic mass is 9.76. The normalized spacial score (nSPS) is 26.9. The van der Waals surface area contributed by atoms with Crippen LogP contribution in [-0.2, 0) is 11.8 Å². The average Bonchev–Trinajstić information content (AvgIpc) is 2.75. The van der Waals surface area contributed by atoms with Crippen LogP contribution in [0.15, 0.2) is 12.3 Å². The first-order chi connectivity index (χ1) is 8.93. The lowest BCUT2D eigenvalue weighted by Crippen LogP contribution is -2.56. The summed E-state index contributed by atoms with van der Waals surface area (Å²) < 4.78 is 1.52. The second-order valence-corrected chi connectivity index (χ2v) is 5.42. The molecule has 1 heterocycles. The number of carboxylic acids is 1. The molecule has 2 N–H and O–H groups in total. The van der Waals surface area contributed by atoms with Gasteiger partial charge in [-0.05, 0) is 24.8 Å². The highest BCUT2D eigenvalue weighted by Gasteiger charge is 2.43. The van der Waals surface area contributed by atoms with E-state index in [1.165, 1.54) is 4.68 Å². The number of aromatic nitrogens is 2. The molecular weight excluding hydrogens is 246 g/mol. The molecule has 2 atom stereocenters. The predicted octanol–water partition coefficient (Wildman–Crippen LogP) is 1.18. The van der Waals surface area contributed by atoms with Crippen LogP contribution in [0.25, 0.3) is 0 Å². The number of amides is 1. The van der Waals surface area contributed by atoms with E-state index in [4.69, 9.17) is 0 Å². The van der Waals surface area contributed by atoms with E-state index in [-0.39, 0.29) is 5.69 Å². The Balaban J connectivity index is 2.17. The molecule has 104 valence electrons. The average molecular weight is 265 g/mol. The Morgan fingerprint density at radius 3 is 2.84 bits per heavy atom. The number of aryl methyl sites for hydroxylation is 1. The third-order valence-corrected chi connectivity index (χ3v) is 3.71. The highest BCUT2D eigenvalue weighted by molar-refractivity contribution is 5.96. The largest absolute Gasteiger partial charge is 0.480 e. The van der Waals surface area contributed by atoms with Crippen LogP contribution in [0.4, 0.5) is 0 Å². The molecule has 6 nitrogen and oxygen atoms in total. The van der Waals surface area contributed by atoms with Crippen molar-refractivity contribution in [3.63, 3.8) is 0 Å². The SMILES string of the molecule is CC1CCCC(NC(=O)c2ccn(C)n2)(C(=O)O)C1. The molecule has 0 radical (unpaired) electrons. The number of hydrogen-bond acceptors (Lipinski definition) is 3. The molecule has 1 amide bonds. The number of hydrogen-bond donors (Lipinski definition) is 2. The molecule has 2 unspecified atom stereocenters. The molecule has 19 heavy (non-hydrogen) atoms. The molecule has 0 aliphatic heterocycles. The van der Waals surface area contributed by atoms with Gasteiger partial charge in [-0.15, -0.1) is 0 Å². The van der Waals surface area contributed by atoms with Crippen molar-refractivity contribution in [3.8, 4) is 0 Å². The van der Waals surface area contributed by atoms with E-state index in [0.717, 1.165) is 12.8 Å². The summed E-state index contributed by atoms with van der Waals surface area (Å²) in [5, 5.41) is 16.1. The second-order valence-electron chi connectivity index (χ2n) is 5.42. The molecule has 0 bridgehead atoms. The topological polar surface area (TPSA) is 84.2 Å². The van der Waals surface area contributed by atoms with Crippen molar-refractivity contribution in [2.75, 3.05) is 0 Å². The highest BCUT2D eigenvalue weighted by Crippen LogP contribution is 2.32. The summed E-state index contributed by atoms with van der Waals surface area (Å²) in [6.07, 6.45) is 4.43. The summed E-state index contributed by atoms with van der Waals surface area (Å²) in [7, 11) is 1.71. The van der Waals surface area contributed by atoms with Crippen molar-refractivity contribution in [1.82, 2.24) is 15.1 Å². The zero-order chi connectivity index (χ0) is 14.0. The summed E-state index contributed by atoms with van der Waals surface area (Å²) in [6, 6.07) is 1.58. The number of aliphatic carboxylic acids is 1. The molecule has 0 saturated heterocycles. The zero-order valence-corrected chi connectivity index (χ0v) is 11.2. The third kappa shape index (κ3) is 2.77. The molecule has 1 aromatic heterocycles. The number of nitrogens with zero attached hydrogens (tertiary/aromatic N) is 2. The number of carboxylic acid groups (broad SMARTS) is 1. The standard InChI is InChI=1S/C13H19N3O3/c1-9-4-3-6-13(8-9,12(18)19)14-11(17)10-5-7-16(2)15-10/h5,7,9H,3-4,6,8H2,1-2H3,(H,14,17)(H,18,19). The molecule has 0 spiro atoms. The van der Waals surface area contributed by atoms with Gasteiger partial charge in [0.2, 0.25) is 0 Å². The van der Waals surface area contributed by atoms with E-state index < -0.39 is 17.4 Å². The van der Waals surface area contributed by atoms with Crippen LogP contribution in [0.2, 0.25) is 0 Å². The van der Waals surface area contributed by atoms with Gasteiger partial charge in [0.15, 0.2) is 0 Å². The van der Waals surface area contributed by atoms with E-state index in [1.54, 1.807) is 19.3 Å². The van der Waals surface area contributed by atoms with E-state index in [0.29, 0.717) is 18.8 Å². The number of nitrogens with one attached hydrogen (secondary N) is 1. The van der Waals surface area contributed by atoms with Gasteiger partial charge in [0, 0.05) is 13.2 Å². The van der Waals surface area contributed by atoms with Crippen LogP contribution in [-0.4, -0.2) is 32.3 Å². The van der Waals surface area contributed by atoms with E-state index in [2.05, 4.69) is 10.4 Å². The molecule has 1 fully saturated rings. The fourth-order valence-corrected chi connectivity index (χ4v) is 2.73. The quantitative estimate of drug-likeness (QED) is 0.859. The van der Waals surface area contributed by atoms with Crippen LogP contribution < -0.4 is 5.32 Å². The Labute approximate surface area is 111 Å². The minimum atomic E-state index is -1.15. The number of carbonyl (C=O) groups is 2. The molecule has 6 heteroatoms. The van der Waals surface area contributed by atoms with Crippen molar-refractivity contribution < 1.29 is 14.7 Å². The van der Waals surface area contributed by atoms with Crippen LogP contribution >= 0.6 is 0 Å². The maximum atomic E-state index is 12.1. The molecular formula is C13H19N3O3. The van der Waals surface area contributed by atoms with Crippen LogP contribution in [0.5, 0.6) is 0 Å². The van der Waals surface area contributed by atoms with Gasteiger partial charge in [0.25, 0.3) is 5.91 Å². The summed E-state index contributed by atoms with van der Waals surface area (Å²) in [4.78, 5) is 23.6. The maximum Gasteiger partial charge on any atom is 0.329 e. The predicted molar refractivity (Wildman–Crippen MR) is 68.7 cm³/mol. The van der Waals surface area contributed by atoms with Crippen molar-refractivity contribution in [1.29, 1.82) is 0 Å². The van der Waals surface area contributed by atoms with Gasteiger partial charge >= 0.3 is 5.97 Å². The second kappa shape index (κ2) is 5.03. The van der Waals surface area contributed by atoms with Crippen LogP contribution in [0.1, 0.15) is 43.1 Å². The Bertz CT molecular complexity index is 497. The lowest BCUT2D eigenvalue weighted by molar-refractivity contribution is -0.146. The molecule has 1 aliphatic carbocycles.